The van der Waals surface area contributed by atoms with E-state index >= 15 is 0 Å². The quantitative estimate of drug-likeness (QED) is 0.643. The molecule has 1 aliphatic heterocycles. The summed E-state index contributed by atoms with van der Waals surface area (Å²) in [6, 6.07) is 13.5. The minimum Gasteiger partial charge on any atom is -0.481 e. The summed E-state index contributed by atoms with van der Waals surface area (Å²) < 4.78 is 5.18. The van der Waals surface area contributed by atoms with Gasteiger partial charge in [0.1, 0.15) is 12.6 Å². The monoisotopic (exact) mass is 369 g/mol. The highest BCUT2D eigenvalue weighted by molar-refractivity contribution is 5.91. The average molecular weight is 369 g/mol. The van der Waals surface area contributed by atoms with Crippen molar-refractivity contribution in [3.8, 4) is 0 Å². The molecule has 3 rings (SSSR count). The Kier molecular flexibility index (Phi) is 5.55. The van der Waals surface area contributed by atoms with E-state index < -0.39 is 18.1 Å². The summed E-state index contributed by atoms with van der Waals surface area (Å²) in [5, 5.41) is 17.2. The number of amides is 2. The van der Waals surface area contributed by atoms with E-state index in [0.717, 1.165) is 11.1 Å². The normalized spacial score (nSPS) is 15.6. The Morgan fingerprint density at radius 2 is 1.96 bits per heavy atom. The average Bonchev–Trinajstić information content (AvgIpc) is 2.79. The molecule has 0 aromatic heterocycles. The van der Waals surface area contributed by atoms with Crippen LogP contribution in [-0.4, -0.2) is 29.1 Å². The largest absolute Gasteiger partial charge is 0.481 e. The van der Waals surface area contributed by atoms with Gasteiger partial charge in [0.15, 0.2) is 0 Å². The standard InChI is InChI=1S/C19H19N3O5/c23-17(24)9-16-18(25)20-10-13-6-7-14(8-15(13)22-16)21-19(26)27-11-12-4-2-1-3-5-12/h1-8,16,22H,9-11H2,(H,20,25)(H,21,26)(H,23,24). The van der Waals surface area contributed by atoms with Gasteiger partial charge in [-0.05, 0) is 23.3 Å². The Hall–Kier alpha value is -3.55. The molecule has 1 atom stereocenters. The van der Waals surface area contributed by atoms with Gasteiger partial charge in [0.25, 0.3) is 0 Å². The summed E-state index contributed by atoms with van der Waals surface area (Å²) in [6.07, 6.45) is -0.953. The number of anilines is 2. The molecule has 1 aliphatic rings. The molecule has 0 aliphatic carbocycles. The van der Waals surface area contributed by atoms with Crippen molar-refractivity contribution < 1.29 is 24.2 Å². The van der Waals surface area contributed by atoms with E-state index in [1.807, 2.05) is 30.3 Å². The van der Waals surface area contributed by atoms with Crippen molar-refractivity contribution in [3.63, 3.8) is 0 Å². The van der Waals surface area contributed by atoms with Crippen molar-refractivity contribution in [2.45, 2.75) is 25.6 Å². The summed E-state index contributed by atoms with van der Waals surface area (Å²) in [7, 11) is 0. The maximum atomic E-state index is 12.0. The zero-order valence-corrected chi connectivity index (χ0v) is 14.4. The van der Waals surface area contributed by atoms with Crippen LogP contribution < -0.4 is 16.0 Å². The first kappa shape index (κ1) is 18.2. The van der Waals surface area contributed by atoms with Crippen LogP contribution in [0.4, 0.5) is 16.2 Å². The van der Waals surface area contributed by atoms with Crippen LogP contribution in [0.2, 0.25) is 0 Å². The molecular weight excluding hydrogens is 350 g/mol. The van der Waals surface area contributed by atoms with E-state index in [-0.39, 0.29) is 25.5 Å². The van der Waals surface area contributed by atoms with E-state index in [9.17, 15) is 14.4 Å². The molecule has 8 heteroatoms. The SMILES string of the molecule is O=C(O)CC1Nc2cc(NC(=O)OCc3ccccc3)ccc2CNC1=O. The second-order valence-electron chi connectivity index (χ2n) is 6.07. The molecule has 0 saturated heterocycles. The van der Waals surface area contributed by atoms with Gasteiger partial charge in [-0.3, -0.25) is 14.9 Å². The molecule has 0 radical (unpaired) electrons. The third-order valence-electron chi connectivity index (χ3n) is 4.05. The van der Waals surface area contributed by atoms with Crippen LogP contribution in [0, 0.1) is 0 Å². The lowest BCUT2D eigenvalue weighted by molar-refractivity contribution is -0.139. The van der Waals surface area contributed by atoms with Crippen molar-refractivity contribution >= 4 is 29.3 Å². The third kappa shape index (κ3) is 4.97. The minimum atomic E-state index is -1.08. The van der Waals surface area contributed by atoms with E-state index in [1.165, 1.54) is 0 Å². The van der Waals surface area contributed by atoms with Crippen LogP contribution in [0.3, 0.4) is 0 Å². The number of ether oxygens (including phenoxy) is 1. The molecule has 27 heavy (non-hydrogen) atoms. The minimum absolute atomic E-state index is 0.148. The van der Waals surface area contributed by atoms with E-state index in [2.05, 4.69) is 16.0 Å². The molecule has 2 amide bonds. The Labute approximate surface area is 155 Å². The number of benzene rings is 2. The molecule has 2 aromatic rings. The number of hydrogen-bond acceptors (Lipinski definition) is 5. The van der Waals surface area contributed by atoms with Crippen molar-refractivity contribution in [2.75, 3.05) is 10.6 Å². The molecule has 0 fully saturated rings. The van der Waals surface area contributed by atoms with Gasteiger partial charge in [-0.1, -0.05) is 36.4 Å². The van der Waals surface area contributed by atoms with Crippen molar-refractivity contribution in [1.29, 1.82) is 0 Å². The number of nitrogens with one attached hydrogen (secondary N) is 3. The summed E-state index contributed by atoms with van der Waals surface area (Å²) in [5.41, 5.74) is 2.72. The molecule has 4 N–H and O–H groups in total. The predicted molar refractivity (Wildman–Crippen MR) is 98.2 cm³/mol. The fraction of sp³-hybridized carbons (Fsp3) is 0.211. The molecule has 2 aromatic carbocycles. The Morgan fingerprint density at radius 1 is 1.19 bits per heavy atom. The number of carboxylic acid groups (broad SMARTS) is 1. The molecule has 8 nitrogen and oxygen atoms in total. The van der Waals surface area contributed by atoms with E-state index in [1.54, 1.807) is 18.2 Å². The molecule has 140 valence electrons. The summed E-state index contributed by atoms with van der Waals surface area (Å²) in [5.74, 6) is -1.46. The Morgan fingerprint density at radius 3 is 2.70 bits per heavy atom. The summed E-state index contributed by atoms with van der Waals surface area (Å²) in [4.78, 5) is 34.9. The maximum Gasteiger partial charge on any atom is 0.411 e. The van der Waals surface area contributed by atoms with Crippen molar-refractivity contribution in [3.05, 3.63) is 59.7 Å². The van der Waals surface area contributed by atoms with Gasteiger partial charge in [-0.2, -0.15) is 0 Å². The number of carbonyl (C=O) groups is 3. The van der Waals surface area contributed by atoms with Gasteiger partial charge < -0.3 is 20.5 Å². The van der Waals surface area contributed by atoms with Gasteiger partial charge in [0.05, 0.1) is 6.42 Å². The van der Waals surface area contributed by atoms with Crippen LogP contribution in [0.5, 0.6) is 0 Å². The highest BCUT2D eigenvalue weighted by atomic mass is 16.5. The lowest BCUT2D eigenvalue weighted by Crippen LogP contribution is -2.38. The third-order valence-corrected chi connectivity index (χ3v) is 4.05. The predicted octanol–water partition coefficient (Wildman–Crippen LogP) is 2.32. The fourth-order valence-corrected chi connectivity index (χ4v) is 2.70. The first-order chi connectivity index (χ1) is 13.0. The highest BCUT2D eigenvalue weighted by Crippen LogP contribution is 2.24. The van der Waals surface area contributed by atoms with Gasteiger partial charge in [0, 0.05) is 17.9 Å². The van der Waals surface area contributed by atoms with Gasteiger partial charge >= 0.3 is 12.1 Å². The lowest BCUT2D eigenvalue weighted by atomic mass is 10.1. The van der Waals surface area contributed by atoms with Crippen LogP contribution in [0.15, 0.2) is 48.5 Å². The van der Waals surface area contributed by atoms with Crippen LogP contribution in [0.1, 0.15) is 17.5 Å². The summed E-state index contributed by atoms with van der Waals surface area (Å²) >= 11 is 0. The lowest BCUT2D eigenvalue weighted by Gasteiger charge is -2.15. The van der Waals surface area contributed by atoms with Crippen LogP contribution in [0.25, 0.3) is 0 Å². The number of aliphatic carboxylic acids is 1. The van der Waals surface area contributed by atoms with Crippen LogP contribution in [-0.2, 0) is 27.5 Å². The second-order valence-corrected chi connectivity index (χ2v) is 6.07. The van der Waals surface area contributed by atoms with Gasteiger partial charge in [-0.15, -0.1) is 0 Å². The first-order valence-corrected chi connectivity index (χ1v) is 8.38. The topological polar surface area (TPSA) is 117 Å². The Balaban J connectivity index is 1.65. The van der Waals surface area contributed by atoms with E-state index in [0.29, 0.717) is 11.4 Å². The zero-order valence-electron chi connectivity index (χ0n) is 14.4. The number of hydrogen-bond donors (Lipinski definition) is 4. The fourth-order valence-electron chi connectivity index (χ4n) is 2.70. The number of fused-ring (bicyclic) bond motifs is 1. The van der Waals surface area contributed by atoms with E-state index in [4.69, 9.17) is 9.84 Å². The number of carboxylic acids is 1. The van der Waals surface area contributed by atoms with Gasteiger partial charge in [-0.25, -0.2) is 4.79 Å². The second kappa shape index (κ2) is 8.22. The molecule has 0 saturated carbocycles. The molecule has 0 spiro atoms. The van der Waals surface area contributed by atoms with Crippen molar-refractivity contribution in [2.24, 2.45) is 0 Å². The van der Waals surface area contributed by atoms with Gasteiger partial charge in [0.2, 0.25) is 5.91 Å². The number of carbonyl (C=O) groups excluding carboxylic acids is 2. The van der Waals surface area contributed by atoms with Crippen molar-refractivity contribution in [1.82, 2.24) is 5.32 Å². The molecule has 1 heterocycles. The highest BCUT2D eigenvalue weighted by Gasteiger charge is 2.25. The molecular formula is C19H19N3O5. The van der Waals surface area contributed by atoms with Crippen LogP contribution >= 0.6 is 0 Å². The first-order valence-electron chi connectivity index (χ1n) is 8.38. The molecule has 0 bridgehead atoms. The molecule has 1 unspecified atom stereocenters. The zero-order chi connectivity index (χ0) is 19.2. The smallest absolute Gasteiger partial charge is 0.411 e. The Bertz CT molecular complexity index is 854. The number of rotatable bonds is 5. The maximum absolute atomic E-state index is 12.0. The summed E-state index contributed by atoms with van der Waals surface area (Å²) in [6.45, 7) is 0.422.